The van der Waals surface area contributed by atoms with E-state index in [1.54, 1.807) is 13.3 Å². The molecule has 0 saturated carbocycles. The Hall–Kier alpha value is -1.51. The molecule has 2 aromatic rings. The summed E-state index contributed by atoms with van der Waals surface area (Å²) in [5.74, 6) is 2.85. The van der Waals surface area contributed by atoms with Crippen molar-refractivity contribution in [1.29, 1.82) is 0 Å². The molecule has 0 radical (unpaired) electrons. The predicted octanol–water partition coefficient (Wildman–Crippen LogP) is 2.92. The Morgan fingerprint density at radius 3 is 2.73 bits per heavy atom. The SMILES string of the molecule is CN=C(NCCc1ccco1)NCc1cc(C(C)C)no1.I. The van der Waals surface area contributed by atoms with Gasteiger partial charge in [0.25, 0.3) is 0 Å². The van der Waals surface area contributed by atoms with E-state index in [-0.39, 0.29) is 24.0 Å². The van der Waals surface area contributed by atoms with Crippen LogP contribution in [0.3, 0.4) is 0 Å². The second-order valence-corrected chi connectivity index (χ2v) is 5.05. The van der Waals surface area contributed by atoms with E-state index < -0.39 is 0 Å². The normalized spacial score (nSPS) is 11.4. The molecule has 2 aromatic heterocycles. The molecule has 0 fully saturated rings. The fourth-order valence-corrected chi connectivity index (χ4v) is 1.83. The van der Waals surface area contributed by atoms with Crippen LogP contribution in [0.5, 0.6) is 0 Å². The highest BCUT2D eigenvalue weighted by atomic mass is 127. The Labute approximate surface area is 147 Å². The van der Waals surface area contributed by atoms with Crippen LogP contribution in [0, 0.1) is 0 Å². The molecular formula is C15H23IN4O2. The van der Waals surface area contributed by atoms with Gasteiger partial charge in [0.2, 0.25) is 0 Å². The summed E-state index contributed by atoms with van der Waals surface area (Å²) >= 11 is 0. The van der Waals surface area contributed by atoms with Gasteiger partial charge in [0.15, 0.2) is 11.7 Å². The van der Waals surface area contributed by atoms with Crippen LogP contribution in [-0.4, -0.2) is 24.7 Å². The number of nitrogens with one attached hydrogen (secondary N) is 2. The highest BCUT2D eigenvalue weighted by Crippen LogP contribution is 2.13. The minimum absolute atomic E-state index is 0. The first-order chi connectivity index (χ1) is 10.2. The van der Waals surface area contributed by atoms with E-state index in [1.165, 1.54) is 0 Å². The Morgan fingerprint density at radius 2 is 2.14 bits per heavy atom. The number of aromatic nitrogens is 1. The molecule has 0 aliphatic heterocycles. The van der Waals surface area contributed by atoms with Crippen molar-refractivity contribution in [2.45, 2.75) is 32.7 Å². The number of rotatable bonds is 6. The lowest BCUT2D eigenvalue weighted by molar-refractivity contribution is 0.372. The predicted molar refractivity (Wildman–Crippen MR) is 96.6 cm³/mol. The summed E-state index contributed by atoms with van der Waals surface area (Å²) in [7, 11) is 1.74. The molecule has 0 saturated heterocycles. The number of aliphatic imine (C=N–C) groups is 1. The number of hydrogen-bond acceptors (Lipinski definition) is 4. The standard InChI is InChI=1S/C15H22N4O2.HI/c1-11(2)14-9-13(21-19-14)10-18-15(16-3)17-7-6-12-5-4-8-20-12;/h4-5,8-9,11H,6-7,10H2,1-3H3,(H2,16,17,18);1H. The Balaban J connectivity index is 0.00000242. The lowest BCUT2D eigenvalue weighted by Gasteiger charge is -2.09. The fourth-order valence-electron chi connectivity index (χ4n) is 1.83. The number of guanidine groups is 1. The van der Waals surface area contributed by atoms with Gasteiger partial charge >= 0.3 is 0 Å². The maximum Gasteiger partial charge on any atom is 0.191 e. The van der Waals surface area contributed by atoms with Gasteiger partial charge in [-0.15, -0.1) is 24.0 Å². The number of hydrogen-bond donors (Lipinski definition) is 2. The first kappa shape index (κ1) is 18.5. The van der Waals surface area contributed by atoms with E-state index >= 15 is 0 Å². The summed E-state index contributed by atoms with van der Waals surface area (Å²) in [6.07, 6.45) is 2.49. The second kappa shape index (κ2) is 9.50. The van der Waals surface area contributed by atoms with E-state index in [2.05, 4.69) is 34.6 Å². The zero-order valence-electron chi connectivity index (χ0n) is 13.1. The van der Waals surface area contributed by atoms with E-state index in [9.17, 15) is 0 Å². The van der Waals surface area contributed by atoms with Gasteiger partial charge in [0.05, 0.1) is 18.5 Å². The van der Waals surface area contributed by atoms with Gasteiger partial charge in [0.1, 0.15) is 5.76 Å². The summed E-state index contributed by atoms with van der Waals surface area (Å²) in [6, 6.07) is 5.81. The van der Waals surface area contributed by atoms with Crippen LogP contribution in [0.25, 0.3) is 0 Å². The lowest BCUT2D eigenvalue weighted by Crippen LogP contribution is -2.37. The zero-order valence-corrected chi connectivity index (χ0v) is 15.5. The second-order valence-electron chi connectivity index (χ2n) is 5.05. The Morgan fingerprint density at radius 1 is 1.32 bits per heavy atom. The molecule has 0 aromatic carbocycles. The fraction of sp³-hybridized carbons (Fsp3) is 0.467. The Kier molecular flexibility index (Phi) is 8.00. The van der Waals surface area contributed by atoms with Crippen molar-refractivity contribution in [3.8, 4) is 0 Å². The smallest absolute Gasteiger partial charge is 0.191 e. The van der Waals surface area contributed by atoms with Crippen molar-refractivity contribution < 1.29 is 8.94 Å². The number of nitrogens with zero attached hydrogens (tertiary/aromatic N) is 2. The van der Waals surface area contributed by atoms with Crippen molar-refractivity contribution in [3.63, 3.8) is 0 Å². The van der Waals surface area contributed by atoms with Gasteiger partial charge in [-0.3, -0.25) is 4.99 Å². The highest BCUT2D eigenvalue weighted by Gasteiger charge is 2.08. The van der Waals surface area contributed by atoms with E-state index in [0.29, 0.717) is 12.5 Å². The quantitative estimate of drug-likeness (QED) is 0.429. The topological polar surface area (TPSA) is 75.6 Å². The maximum atomic E-state index is 5.28. The van der Waals surface area contributed by atoms with Crippen LogP contribution < -0.4 is 10.6 Å². The molecule has 0 atom stereocenters. The van der Waals surface area contributed by atoms with Crippen molar-refractivity contribution in [2.75, 3.05) is 13.6 Å². The molecule has 122 valence electrons. The molecule has 2 heterocycles. The van der Waals surface area contributed by atoms with Gasteiger partial charge in [0, 0.05) is 26.1 Å². The molecule has 22 heavy (non-hydrogen) atoms. The van der Waals surface area contributed by atoms with Gasteiger partial charge in [-0.05, 0) is 18.1 Å². The van der Waals surface area contributed by atoms with E-state index in [0.717, 1.165) is 36.1 Å². The van der Waals surface area contributed by atoms with Gasteiger partial charge in [-0.25, -0.2) is 0 Å². The molecule has 0 spiro atoms. The number of furan rings is 1. The van der Waals surface area contributed by atoms with Gasteiger partial charge < -0.3 is 19.6 Å². The van der Waals surface area contributed by atoms with Crippen molar-refractivity contribution in [1.82, 2.24) is 15.8 Å². The highest BCUT2D eigenvalue weighted by molar-refractivity contribution is 14.0. The average molecular weight is 418 g/mol. The van der Waals surface area contributed by atoms with E-state index in [4.69, 9.17) is 8.94 Å². The summed E-state index contributed by atoms with van der Waals surface area (Å²) in [5, 5.41) is 10.4. The molecule has 0 aliphatic carbocycles. The lowest BCUT2D eigenvalue weighted by atomic mass is 10.1. The van der Waals surface area contributed by atoms with Crippen LogP contribution in [0.1, 0.15) is 37.0 Å². The maximum absolute atomic E-state index is 5.28. The first-order valence-corrected chi connectivity index (χ1v) is 7.11. The summed E-state index contributed by atoms with van der Waals surface area (Å²) in [4.78, 5) is 4.17. The summed E-state index contributed by atoms with van der Waals surface area (Å²) < 4.78 is 10.6. The van der Waals surface area contributed by atoms with Crippen LogP contribution in [-0.2, 0) is 13.0 Å². The zero-order chi connectivity index (χ0) is 15.1. The minimum atomic E-state index is 0. The van der Waals surface area contributed by atoms with Crippen LogP contribution in [0.4, 0.5) is 0 Å². The molecule has 6 nitrogen and oxygen atoms in total. The molecule has 2 N–H and O–H groups in total. The third kappa shape index (κ3) is 5.70. The average Bonchev–Trinajstić information content (AvgIpc) is 3.13. The van der Waals surface area contributed by atoms with Crippen molar-refractivity contribution in [2.24, 2.45) is 4.99 Å². The van der Waals surface area contributed by atoms with Gasteiger partial charge in [-0.1, -0.05) is 19.0 Å². The van der Waals surface area contributed by atoms with Crippen molar-refractivity contribution >= 4 is 29.9 Å². The monoisotopic (exact) mass is 418 g/mol. The minimum Gasteiger partial charge on any atom is -0.469 e. The first-order valence-electron chi connectivity index (χ1n) is 7.11. The third-order valence-electron chi connectivity index (χ3n) is 3.07. The molecular weight excluding hydrogens is 395 g/mol. The molecule has 7 heteroatoms. The van der Waals surface area contributed by atoms with E-state index in [1.807, 2.05) is 18.2 Å². The van der Waals surface area contributed by atoms with Crippen LogP contribution >= 0.6 is 24.0 Å². The van der Waals surface area contributed by atoms with Crippen LogP contribution in [0.2, 0.25) is 0 Å². The number of halogens is 1. The molecule has 2 rings (SSSR count). The molecule has 0 bridgehead atoms. The molecule has 0 unspecified atom stereocenters. The third-order valence-corrected chi connectivity index (χ3v) is 3.07. The molecule has 0 aliphatic rings. The van der Waals surface area contributed by atoms with Crippen molar-refractivity contribution in [3.05, 3.63) is 41.7 Å². The summed E-state index contributed by atoms with van der Waals surface area (Å²) in [6.45, 7) is 5.48. The van der Waals surface area contributed by atoms with Crippen LogP contribution in [0.15, 0.2) is 38.4 Å². The van der Waals surface area contributed by atoms with Gasteiger partial charge in [-0.2, -0.15) is 0 Å². The summed E-state index contributed by atoms with van der Waals surface area (Å²) in [5.41, 5.74) is 0.965. The largest absolute Gasteiger partial charge is 0.469 e. The molecule has 0 amide bonds. The Bertz CT molecular complexity index is 564.